The standard InChI is InChI=1S/C19H19N3O2/c1-13-2-5-18(21-11-13)24-16-7-9-22(12-16)19(23)15-3-4-17-14(10-15)6-8-20-17/h2-6,8,10-11,16,20H,7,9,12H2,1H3. The Labute approximate surface area is 140 Å². The molecule has 24 heavy (non-hydrogen) atoms. The minimum absolute atomic E-state index is 0.000135. The van der Waals surface area contributed by atoms with Crippen LogP contribution < -0.4 is 4.74 Å². The van der Waals surface area contributed by atoms with E-state index in [0.29, 0.717) is 19.0 Å². The summed E-state index contributed by atoms with van der Waals surface area (Å²) in [4.78, 5) is 22.0. The van der Waals surface area contributed by atoms with Gasteiger partial charge >= 0.3 is 0 Å². The van der Waals surface area contributed by atoms with Crippen molar-refractivity contribution in [3.63, 3.8) is 0 Å². The van der Waals surface area contributed by atoms with Crippen molar-refractivity contribution in [2.45, 2.75) is 19.4 Å². The van der Waals surface area contributed by atoms with Gasteiger partial charge in [0.05, 0.1) is 6.54 Å². The van der Waals surface area contributed by atoms with Crippen LogP contribution in [0.2, 0.25) is 0 Å². The zero-order chi connectivity index (χ0) is 16.5. The third-order valence-electron chi connectivity index (χ3n) is 4.40. The van der Waals surface area contributed by atoms with E-state index in [4.69, 9.17) is 4.74 Å². The number of hydrogen-bond acceptors (Lipinski definition) is 3. The van der Waals surface area contributed by atoms with E-state index in [1.54, 1.807) is 6.20 Å². The molecule has 1 aliphatic heterocycles. The van der Waals surface area contributed by atoms with Crippen LogP contribution in [0.5, 0.6) is 5.88 Å². The van der Waals surface area contributed by atoms with Gasteiger partial charge in [-0.2, -0.15) is 0 Å². The number of nitrogens with zero attached hydrogens (tertiary/aromatic N) is 2. The van der Waals surface area contributed by atoms with Crippen LogP contribution in [0.15, 0.2) is 48.8 Å². The SMILES string of the molecule is Cc1ccc(OC2CCN(C(=O)c3ccc4[nH]ccc4c3)C2)nc1. The number of hydrogen-bond donors (Lipinski definition) is 1. The van der Waals surface area contributed by atoms with Crippen LogP contribution in [0.3, 0.4) is 0 Å². The normalized spacial score (nSPS) is 17.4. The molecule has 1 atom stereocenters. The van der Waals surface area contributed by atoms with E-state index in [-0.39, 0.29) is 12.0 Å². The van der Waals surface area contributed by atoms with Gasteiger partial charge in [0, 0.05) is 47.9 Å². The van der Waals surface area contributed by atoms with Gasteiger partial charge in [0.15, 0.2) is 0 Å². The van der Waals surface area contributed by atoms with Crippen molar-refractivity contribution in [2.75, 3.05) is 13.1 Å². The van der Waals surface area contributed by atoms with Gasteiger partial charge in [-0.3, -0.25) is 4.79 Å². The highest BCUT2D eigenvalue weighted by molar-refractivity contribution is 5.98. The molecule has 2 aromatic heterocycles. The maximum absolute atomic E-state index is 12.7. The minimum Gasteiger partial charge on any atom is -0.472 e. The molecule has 5 nitrogen and oxygen atoms in total. The van der Waals surface area contributed by atoms with Gasteiger partial charge in [0.2, 0.25) is 5.88 Å². The number of pyridine rings is 1. The van der Waals surface area contributed by atoms with Crippen molar-refractivity contribution in [2.24, 2.45) is 0 Å². The number of carbonyl (C=O) groups excluding carboxylic acids is 1. The van der Waals surface area contributed by atoms with E-state index in [0.717, 1.165) is 28.5 Å². The molecule has 5 heteroatoms. The quantitative estimate of drug-likeness (QED) is 0.806. The first-order chi connectivity index (χ1) is 11.7. The maximum atomic E-state index is 12.7. The number of likely N-dealkylation sites (tertiary alicyclic amines) is 1. The van der Waals surface area contributed by atoms with Crippen LogP contribution in [-0.2, 0) is 0 Å². The van der Waals surface area contributed by atoms with Gasteiger partial charge in [0.25, 0.3) is 5.91 Å². The van der Waals surface area contributed by atoms with Crippen LogP contribution >= 0.6 is 0 Å². The molecule has 1 unspecified atom stereocenters. The van der Waals surface area contributed by atoms with Crippen LogP contribution in [0, 0.1) is 6.92 Å². The van der Waals surface area contributed by atoms with E-state index in [9.17, 15) is 4.79 Å². The summed E-state index contributed by atoms with van der Waals surface area (Å²) in [7, 11) is 0. The van der Waals surface area contributed by atoms with Crippen LogP contribution in [0.4, 0.5) is 0 Å². The van der Waals surface area contributed by atoms with Gasteiger partial charge in [-0.05, 0) is 36.8 Å². The summed E-state index contributed by atoms with van der Waals surface area (Å²) in [6, 6.07) is 11.6. The lowest BCUT2D eigenvalue weighted by atomic mass is 10.1. The molecule has 1 fully saturated rings. The molecule has 1 amide bonds. The predicted molar refractivity (Wildman–Crippen MR) is 92.2 cm³/mol. The minimum atomic E-state index is 0.000135. The number of carbonyl (C=O) groups is 1. The molecule has 0 spiro atoms. The summed E-state index contributed by atoms with van der Waals surface area (Å²) in [6.07, 6.45) is 4.50. The van der Waals surface area contributed by atoms with Crippen molar-refractivity contribution >= 4 is 16.8 Å². The first-order valence-corrected chi connectivity index (χ1v) is 8.15. The maximum Gasteiger partial charge on any atom is 0.254 e. The number of ether oxygens (including phenoxy) is 1. The van der Waals surface area contributed by atoms with E-state index < -0.39 is 0 Å². The summed E-state index contributed by atoms with van der Waals surface area (Å²) < 4.78 is 5.89. The molecule has 0 saturated carbocycles. The van der Waals surface area contributed by atoms with Gasteiger partial charge in [0.1, 0.15) is 6.10 Å². The molecular formula is C19H19N3O2. The molecule has 1 aliphatic rings. The summed E-state index contributed by atoms with van der Waals surface area (Å²) in [6.45, 7) is 3.30. The number of aryl methyl sites for hydroxylation is 1. The number of rotatable bonds is 3. The number of fused-ring (bicyclic) bond motifs is 1. The lowest BCUT2D eigenvalue weighted by Gasteiger charge is -2.17. The Morgan fingerprint density at radius 2 is 2.21 bits per heavy atom. The van der Waals surface area contributed by atoms with Crippen LogP contribution in [0.1, 0.15) is 22.3 Å². The summed E-state index contributed by atoms with van der Waals surface area (Å²) in [5.41, 5.74) is 2.86. The van der Waals surface area contributed by atoms with Crippen molar-refractivity contribution in [3.05, 3.63) is 59.9 Å². The average molecular weight is 321 g/mol. The second-order valence-corrected chi connectivity index (χ2v) is 6.23. The third-order valence-corrected chi connectivity index (χ3v) is 4.40. The first kappa shape index (κ1) is 14.8. The molecule has 1 saturated heterocycles. The zero-order valence-corrected chi connectivity index (χ0v) is 13.5. The van der Waals surface area contributed by atoms with E-state index in [1.807, 2.05) is 54.4 Å². The topological polar surface area (TPSA) is 58.2 Å². The molecule has 0 radical (unpaired) electrons. The first-order valence-electron chi connectivity index (χ1n) is 8.15. The van der Waals surface area contributed by atoms with Crippen molar-refractivity contribution in [3.8, 4) is 5.88 Å². The zero-order valence-electron chi connectivity index (χ0n) is 13.5. The Bertz CT molecular complexity index is 870. The lowest BCUT2D eigenvalue weighted by molar-refractivity contribution is 0.0771. The van der Waals surface area contributed by atoms with Crippen LogP contribution in [-0.4, -0.2) is 40.0 Å². The van der Waals surface area contributed by atoms with Gasteiger partial charge in [-0.25, -0.2) is 4.98 Å². The molecular weight excluding hydrogens is 302 g/mol. The van der Waals surface area contributed by atoms with Crippen molar-refractivity contribution in [1.82, 2.24) is 14.9 Å². The molecule has 4 rings (SSSR count). The Kier molecular flexibility index (Phi) is 3.69. The summed E-state index contributed by atoms with van der Waals surface area (Å²) in [5.74, 6) is 0.676. The Morgan fingerprint density at radius 3 is 3.04 bits per heavy atom. The number of amides is 1. The van der Waals surface area contributed by atoms with Crippen molar-refractivity contribution < 1.29 is 9.53 Å². The van der Waals surface area contributed by atoms with Gasteiger partial charge in [-0.1, -0.05) is 6.07 Å². The largest absolute Gasteiger partial charge is 0.472 e. The van der Waals surface area contributed by atoms with Gasteiger partial charge < -0.3 is 14.6 Å². The average Bonchev–Trinajstić information content (AvgIpc) is 3.24. The van der Waals surface area contributed by atoms with Crippen molar-refractivity contribution in [1.29, 1.82) is 0 Å². The molecule has 1 aromatic carbocycles. The fourth-order valence-corrected chi connectivity index (χ4v) is 3.07. The van der Waals surface area contributed by atoms with E-state index in [1.165, 1.54) is 0 Å². The highest BCUT2D eigenvalue weighted by Crippen LogP contribution is 2.21. The van der Waals surface area contributed by atoms with Crippen LogP contribution in [0.25, 0.3) is 10.9 Å². The van der Waals surface area contributed by atoms with E-state index in [2.05, 4.69) is 9.97 Å². The number of aromatic nitrogens is 2. The molecule has 0 bridgehead atoms. The highest BCUT2D eigenvalue weighted by Gasteiger charge is 2.28. The molecule has 122 valence electrons. The fourth-order valence-electron chi connectivity index (χ4n) is 3.07. The fraction of sp³-hybridized carbons (Fsp3) is 0.263. The molecule has 0 aliphatic carbocycles. The Hall–Kier alpha value is -2.82. The Morgan fingerprint density at radius 1 is 1.29 bits per heavy atom. The number of aromatic amines is 1. The number of nitrogens with one attached hydrogen (secondary N) is 1. The third kappa shape index (κ3) is 2.85. The molecule has 3 heterocycles. The predicted octanol–water partition coefficient (Wildman–Crippen LogP) is 3.16. The lowest BCUT2D eigenvalue weighted by Crippen LogP contribution is -2.31. The Balaban J connectivity index is 1.43. The van der Waals surface area contributed by atoms with Gasteiger partial charge in [-0.15, -0.1) is 0 Å². The number of H-pyrrole nitrogens is 1. The monoisotopic (exact) mass is 321 g/mol. The second kappa shape index (κ2) is 6.00. The molecule has 1 N–H and O–H groups in total. The van der Waals surface area contributed by atoms with E-state index >= 15 is 0 Å². The smallest absolute Gasteiger partial charge is 0.254 e. The highest BCUT2D eigenvalue weighted by atomic mass is 16.5. The second-order valence-electron chi connectivity index (χ2n) is 6.23. The molecule has 3 aromatic rings. The number of benzene rings is 1. The summed E-state index contributed by atoms with van der Waals surface area (Å²) >= 11 is 0. The summed E-state index contributed by atoms with van der Waals surface area (Å²) in [5, 5.41) is 1.05.